The van der Waals surface area contributed by atoms with Crippen molar-refractivity contribution >= 4 is 12.0 Å². The van der Waals surface area contributed by atoms with E-state index in [0.29, 0.717) is 25.4 Å². The minimum atomic E-state index is -0.790. The number of carboxylic acid groups (broad SMARTS) is 1. The first-order valence-electron chi connectivity index (χ1n) is 7.36. The molecule has 1 saturated carbocycles. The molecule has 0 aromatic heterocycles. The maximum absolute atomic E-state index is 12.2. The molecule has 0 aromatic rings. The number of nitrogens with one attached hydrogen (secondary N) is 1. The largest absolute Gasteiger partial charge is 0.481 e. The first kappa shape index (κ1) is 14.2. The third-order valence-corrected chi connectivity index (χ3v) is 4.52. The van der Waals surface area contributed by atoms with Gasteiger partial charge in [-0.15, -0.1) is 0 Å². The Morgan fingerprint density at radius 1 is 1.21 bits per heavy atom. The average molecular weight is 268 g/mol. The average Bonchev–Trinajstić information content (AvgIpc) is 2.92. The monoisotopic (exact) mass is 268 g/mol. The molecule has 19 heavy (non-hydrogen) atoms. The van der Waals surface area contributed by atoms with Gasteiger partial charge in [0.05, 0.1) is 5.92 Å². The fourth-order valence-corrected chi connectivity index (χ4v) is 3.22. The van der Waals surface area contributed by atoms with Gasteiger partial charge in [-0.2, -0.15) is 0 Å². The maximum atomic E-state index is 12.2. The van der Waals surface area contributed by atoms with Gasteiger partial charge in [0.15, 0.2) is 0 Å². The second kappa shape index (κ2) is 6.26. The number of amides is 2. The summed E-state index contributed by atoms with van der Waals surface area (Å²) in [6.45, 7) is 3.08. The Morgan fingerprint density at radius 3 is 2.53 bits per heavy atom. The van der Waals surface area contributed by atoms with Crippen LogP contribution in [0.3, 0.4) is 0 Å². The normalized spacial score (nSPS) is 26.2. The van der Waals surface area contributed by atoms with Crippen LogP contribution in [-0.4, -0.2) is 41.1 Å². The lowest BCUT2D eigenvalue weighted by Crippen LogP contribution is -2.50. The van der Waals surface area contributed by atoms with Crippen LogP contribution in [0.4, 0.5) is 4.79 Å². The van der Waals surface area contributed by atoms with E-state index in [1.165, 1.54) is 25.7 Å². The molecule has 1 saturated heterocycles. The Bertz CT molecular complexity index is 340. The van der Waals surface area contributed by atoms with Gasteiger partial charge in [-0.25, -0.2) is 4.79 Å². The lowest BCUT2D eigenvalue weighted by atomic mass is 9.98. The first-order valence-corrected chi connectivity index (χ1v) is 7.36. The zero-order valence-electron chi connectivity index (χ0n) is 11.6. The molecule has 1 unspecified atom stereocenters. The molecule has 2 fully saturated rings. The zero-order valence-corrected chi connectivity index (χ0v) is 11.6. The first-order chi connectivity index (χ1) is 9.08. The van der Waals surface area contributed by atoms with Crippen LogP contribution in [0, 0.1) is 11.8 Å². The standard InChI is InChI=1S/C14H24N2O3/c1-10(11-5-2-3-6-11)15-14(19)16-8-4-7-12(9-16)13(17)18/h10-12H,2-9H2,1H3,(H,15,19)(H,17,18)/t10-,12?/m1/s1. The third kappa shape index (κ3) is 3.61. The Balaban J connectivity index is 1.83. The summed E-state index contributed by atoms with van der Waals surface area (Å²) in [6, 6.07) is 0.102. The van der Waals surface area contributed by atoms with Gasteiger partial charge in [0.2, 0.25) is 0 Å². The van der Waals surface area contributed by atoms with Crippen LogP contribution in [0.2, 0.25) is 0 Å². The van der Waals surface area contributed by atoms with Crippen LogP contribution < -0.4 is 5.32 Å². The summed E-state index contributed by atoms with van der Waals surface area (Å²) < 4.78 is 0. The van der Waals surface area contributed by atoms with Crippen molar-refractivity contribution in [2.45, 2.75) is 51.5 Å². The zero-order chi connectivity index (χ0) is 13.8. The summed E-state index contributed by atoms with van der Waals surface area (Å²) in [5, 5.41) is 12.1. The van der Waals surface area contributed by atoms with Crippen molar-refractivity contribution in [1.29, 1.82) is 0 Å². The van der Waals surface area contributed by atoms with Gasteiger partial charge in [0.1, 0.15) is 0 Å². The second-order valence-corrected chi connectivity index (χ2v) is 5.91. The fourth-order valence-electron chi connectivity index (χ4n) is 3.22. The highest BCUT2D eigenvalue weighted by molar-refractivity contribution is 5.76. The summed E-state index contributed by atoms with van der Waals surface area (Å²) in [5.74, 6) is -0.605. The van der Waals surface area contributed by atoms with E-state index in [2.05, 4.69) is 12.2 Å². The fraction of sp³-hybridized carbons (Fsp3) is 0.857. The van der Waals surface area contributed by atoms with E-state index in [4.69, 9.17) is 5.11 Å². The smallest absolute Gasteiger partial charge is 0.317 e. The van der Waals surface area contributed by atoms with Gasteiger partial charge in [-0.1, -0.05) is 12.8 Å². The molecule has 2 N–H and O–H groups in total. The molecule has 5 nitrogen and oxygen atoms in total. The van der Waals surface area contributed by atoms with Gasteiger partial charge in [-0.3, -0.25) is 4.79 Å². The maximum Gasteiger partial charge on any atom is 0.317 e. The third-order valence-electron chi connectivity index (χ3n) is 4.52. The van der Waals surface area contributed by atoms with E-state index in [-0.39, 0.29) is 12.1 Å². The predicted molar refractivity (Wildman–Crippen MR) is 71.9 cm³/mol. The number of rotatable bonds is 3. The van der Waals surface area contributed by atoms with Gasteiger partial charge in [0.25, 0.3) is 0 Å². The van der Waals surface area contributed by atoms with Crippen molar-refractivity contribution in [3.05, 3.63) is 0 Å². The number of nitrogens with zero attached hydrogens (tertiary/aromatic N) is 1. The highest BCUT2D eigenvalue weighted by atomic mass is 16.4. The van der Waals surface area contributed by atoms with E-state index in [1.807, 2.05) is 0 Å². The van der Waals surface area contributed by atoms with Crippen LogP contribution in [-0.2, 0) is 4.79 Å². The van der Waals surface area contributed by atoms with Crippen molar-refractivity contribution in [1.82, 2.24) is 10.2 Å². The molecule has 0 bridgehead atoms. The highest BCUT2D eigenvalue weighted by Crippen LogP contribution is 2.27. The molecule has 5 heteroatoms. The predicted octanol–water partition coefficient (Wildman–Crippen LogP) is 2.07. The van der Waals surface area contributed by atoms with Crippen LogP contribution in [0.1, 0.15) is 45.4 Å². The Labute approximate surface area is 114 Å². The number of hydrogen-bond acceptors (Lipinski definition) is 2. The highest BCUT2D eigenvalue weighted by Gasteiger charge is 2.30. The Kier molecular flexibility index (Phi) is 4.66. The molecule has 2 atom stereocenters. The van der Waals surface area contributed by atoms with Crippen molar-refractivity contribution in [3.63, 3.8) is 0 Å². The summed E-state index contributed by atoms with van der Waals surface area (Å²) in [6.07, 6.45) is 6.36. The van der Waals surface area contributed by atoms with Crippen LogP contribution in [0.15, 0.2) is 0 Å². The number of carboxylic acids is 1. The number of urea groups is 1. The number of hydrogen-bond donors (Lipinski definition) is 2. The molecule has 0 spiro atoms. The summed E-state index contributed by atoms with van der Waals surface area (Å²) >= 11 is 0. The molecular weight excluding hydrogens is 244 g/mol. The Morgan fingerprint density at radius 2 is 1.89 bits per heavy atom. The minimum Gasteiger partial charge on any atom is -0.481 e. The molecular formula is C14H24N2O3. The lowest BCUT2D eigenvalue weighted by Gasteiger charge is -2.32. The van der Waals surface area contributed by atoms with E-state index < -0.39 is 11.9 Å². The molecule has 2 aliphatic rings. The number of carbonyl (C=O) groups is 2. The van der Waals surface area contributed by atoms with E-state index in [1.54, 1.807) is 4.90 Å². The topological polar surface area (TPSA) is 69.6 Å². The number of carbonyl (C=O) groups excluding carboxylic acids is 1. The molecule has 1 aliphatic heterocycles. The quantitative estimate of drug-likeness (QED) is 0.823. The van der Waals surface area contributed by atoms with Crippen molar-refractivity contribution in [2.75, 3.05) is 13.1 Å². The van der Waals surface area contributed by atoms with Gasteiger partial charge in [0, 0.05) is 19.1 Å². The van der Waals surface area contributed by atoms with E-state index in [0.717, 1.165) is 6.42 Å². The molecule has 2 amide bonds. The summed E-state index contributed by atoms with van der Waals surface area (Å²) in [7, 11) is 0. The van der Waals surface area contributed by atoms with Gasteiger partial charge in [-0.05, 0) is 38.5 Å². The molecule has 108 valence electrons. The van der Waals surface area contributed by atoms with Crippen LogP contribution in [0.5, 0.6) is 0 Å². The van der Waals surface area contributed by atoms with Gasteiger partial charge < -0.3 is 15.3 Å². The van der Waals surface area contributed by atoms with Gasteiger partial charge >= 0.3 is 12.0 Å². The SMILES string of the molecule is C[C@@H](NC(=O)N1CCCC(C(=O)O)C1)C1CCCC1. The second-order valence-electron chi connectivity index (χ2n) is 5.91. The van der Waals surface area contributed by atoms with Crippen molar-refractivity contribution in [2.24, 2.45) is 11.8 Å². The molecule has 0 radical (unpaired) electrons. The van der Waals surface area contributed by atoms with E-state index in [9.17, 15) is 9.59 Å². The van der Waals surface area contributed by atoms with E-state index >= 15 is 0 Å². The van der Waals surface area contributed by atoms with Crippen molar-refractivity contribution in [3.8, 4) is 0 Å². The minimum absolute atomic E-state index is 0.0923. The summed E-state index contributed by atoms with van der Waals surface area (Å²) in [5.41, 5.74) is 0. The number of piperidine rings is 1. The Hall–Kier alpha value is -1.26. The summed E-state index contributed by atoms with van der Waals surface area (Å²) in [4.78, 5) is 24.8. The molecule has 1 heterocycles. The molecule has 2 rings (SSSR count). The van der Waals surface area contributed by atoms with Crippen LogP contribution >= 0.6 is 0 Å². The van der Waals surface area contributed by atoms with Crippen molar-refractivity contribution < 1.29 is 14.7 Å². The lowest BCUT2D eigenvalue weighted by molar-refractivity contribution is -0.143. The van der Waals surface area contributed by atoms with Crippen LogP contribution in [0.25, 0.3) is 0 Å². The number of aliphatic carboxylic acids is 1. The molecule has 1 aliphatic carbocycles. The molecule has 0 aromatic carbocycles. The number of likely N-dealkylation sites (tertiary alicyclic amines) is 1.